The Morgan fingerprint density at radius 3 is 1.25 bits per heavy atom. The first kappa shape index (κ1) is 36.6. The minimum atomic E-state index is -1.75. The van der Waals surface area contributed by atoms with Crippen LogP contribution in [0.2, 0.25) is 0 Å². The van der Waals surface area contributed by atoms with E-state index in [1.54, 1.807) is 42.5 Å². The molecule has 1 unspecified atom stereocenters. The molecule has 0 fully saturated rings. The van der Waals surface area contributed by atoms with Gasteiger partial charge in [0.2, 0.25) is 0 Å². The molecule has 0 aliphatic carbocycles. The summed E-state index contributed by atoms with van der Waals surface area (Å²) in [6.45, 7) is 0.301. The molecule has 0 aliphatic rings. The summed E-state index contributed by atoms with van der Waals surface area (Å²) in [5.74, 6) is -1.12. The van der Waals surface area contributed by atoms with E-state index in [-0.39, 0.29) is 74.8 Å². The Kier molecular flexibility index (Phi) is 11.7. The van der Waals surface area contributed by atoms with E-state index >= 15 is 0 Å². The number of ether oxygens (including phenoxy) is 1. The quantitative estimate of drug-likeness (QED) is 0.0873. The number of aliphatic hydroxyl groups excluding tert-OH is 7. The molecule has 12 heteroatoms. The molecule has 4 aromatic rings. The van der Waals surface area contributed by atoms with Gasteiger partial charge in [0.15, 0.2) is 6.29 Å². The van der Waals surface area contributed by atoms with E-state index in [0.29, 0.717) is 22.3 Å². The van der Waals surface area contributed by atoms with Crippen molar-refractivity contribution in [3.8, 4) is 23.0 Å². The summed E-state index contributed by atoms with van der Waals surface area (Å²) < 4.78 is 5.70. The van der Waals surface area contributed by atoms with Gasteiger partial charge in [0, 0.05) is 49.9 Å². The Morgan fingerprint density at radius 1 is 0.500 bits per heavy atom. The van der Waals surface area contributed by atoms with Crippen LogP contribution in [-0.4, -0.2) is 56.2 Å². The van der Waals surface area contributed by atoms with E-state index in [4.69, 9.17) is 4.74 Å². The number of hydrogen-bond acceptors (Lipinski definition) is 12. The second-order valence-corrected chi connectivity index (χ2v) is 12.2. The average molecular weight is 667 g/mol. The Labute approximate surface area is 277 Å². The van der Waals surface area contributed by atoms with E-state index in [2.05, 4.69) is 0 Å². The largest absolute Gasteiger partial charge is 0.507 e. The van der Waals surface area contributed by atoms with E-state index in [1.807, 2.05) is 13.8 Å². The van der Waals surface area contributed by atoms with Crippen LogP contribution in [-0.2, 0) is 62.8 Å². The molecule has 48 heavy (non-hydrogen) atoms. The Morgan fingerprint density at radius 2 is 0.833 bits per heavy atom. The summed E-state index contributed by atoms with van der Waals surface area (Å²) in [7, 11) is 0. The molecule has 0 spiro atoms. The fourth-order valence-corrected chi connectivity index (χ4v) is 5.75. The Hall–Kier alpha value is -4.24. The van der Waals surface area contributed by atoms with Crippen molar-refractivity contribution in [1.82, 2.24) is 0 Å². The lowest BCUT2D eigenvalue weighted by atomic mass is 9.76. The summed E-state index contributed by atoms with van der Waals surface area (Å²) in [6, 6.07) is 12.5. The first-order valence-corrected chi connectivity index (χ1v) is 15.2. The van der Waals surface area contributed by atoms with Crippen LogP contribution < -0.4 is 0 Å². The van der Waals surface area contributed by atoms with Gasteiger partial charge in [-0.2, -0.15) is 0 Å². The Balaban J connectivity index is 1.67. The van der Waals surface area contributed by atoms with Crippen LogP contribution in [0.25, 0.3) is 0 Å². The normalized spacial score (nSPS) is 12.4. The van der Waals surface area contributed by atoms with Crippen LogP contribution in [0.5, 0.6) is 23.0 Å². The summed E-state index contributed by atoms with van der Waals surface area (Å²) in [4.78, 5) is 0. The molecule has 0 bridgehead atoms. The van der Waals surface area contributed by atoms with Crippen molar-refractivity contribution in [2.75, 3.05) is 0 Å². The predicted molar refractivity (Wildman–Crippen MR) is 173 cm³/mol. The second-order valence-electron chi connectivity index (χ2n) is 12.2. The van der Waals surface area contributed by atoms with Gasteiger partial charge in [-0.1, -0.05) is 13.8 Å². The van der Waals surface area contributed by atoms with Crippen molar-refractivity contribution in [1.29, 1.82) is 0 Å². The molecule has 12 nitrogen and oxygen atoms in total. The zero-order chi connectivity index (χ0) is 35.3. The number of rotatable bonds is 14. The van der Waals surface area contributed by atoms with Crippen molar-refractivity contribution in [3.63, 3.8) is 0 Å². The van der Waals surface area contributed by atoms with Gasteiger partial charge in [-0.25, -0.2) is 0 Å². The zero-order valence-corrected chi connectivity index (χ0v) is 26.7. The maximum absolute atomic E-state index is 11.1. The Bertz CT molecular complexity index is 1710. The highest BCUT2D eigenvalue weighted by Crippen LogP contribution is 2.41. The van der Waals surface area contributed by atoms with Crippen LogP contribution >= 0.6 is 0 Å². The monoisotopic (exact) mass is 666 g/mol. The number of phenols is 4. The van der Waals surface area contributed by atoms with Gasteiger partial charge in [-0.05, 0) is 77.2 Å². The van der Waals surface area contributed by atoms with E-state index in [1.165, 1.54) is 6.07 Å². The lowest BCUT2D eigenvalue weighted by Crippen LogP contribution is -2.21. The van der Waals surface area contributed by atoms with Crippen molar-refractivity contribution in [2.45, 2.75) is 78.2 Å². The molecule has 258 valence electrons. The highest BCUT2D eigenvalue weighted by molar-refractivity contribution is 5.53. The summed E-state index contributed by atoms with van der Waals surface area (Å²) in [5.41, 5.74) is 2.71. The first-order valence-electron chi connectivity index (χ1n) is 15.2. The molecule has 4 aromatic carbocycles. The van der Waals surface area contributed by atoms with Gasteiger partial charge in [0.05, 0.1) is 46.2 Å². The van der Waals surface area contributed by atoms with Crippen molar-refractivity contribution >= 4 is 0 Å². The highest BCUT2D eigenvalue weighted by atomic mass is 16.6. The first-order chi connectivity index (χ1) is 22.8. The van der Waals surface area contributed by atoms with Gasteiger partial charge in [0.1, 0.15) is 23.0 Å². The van der Waals surface area contributed by atoms with Crippen molar-refractivity contribution in [2.24, 2.45) is 0 Å². The molecular weight excluding hydrogens is 624 g/mol. The van der Waals surface area contributed by atoms with Crippen LogP contribution in [0, 0.1) is 0 Å². The van der Waals surface area contributed by atoms with E-state index in [9.17, 15) is 56.2 Å². The third-order valence-electron chi connectivity index (χ3n) is 8.68. The predicted octanol–water partition coefficient (Wildman–Crippen LogP) is 2.59. The minimum Gasteiger partial charge on any atom is -0.507 e. The summed E-state index contributed by atoms with van der Waals surface area (Å²) in [6.07, 6.45) is -1.52. The molecule has 0 radical (unpaired) electrons. The summed E-state index contributed by atoms with van der Waals surface area (Å²) in [5, 5.41) is 112. The maximum Gasteiger partial charge on any atom is 0.185 e. The number of benzene rings is 4. The fraction of sp³-hybridized carbons (Fsp3) is 0.333. The maximum atomic E-state index is 11.1. The average Bonchev–Trinajstić information content (AvgIpc) is 3.08. The molecule has 0 aliphatic heterocycles. The van der Waals surface area contributed by atoms with Gasteiger partial charge in [0.25, 0.3) is 0 Å². The van der Waals surface area contributed by atoms with Crippen LogP contribution in [0.4, 0.5) is 0 Å². The molecule has 0 saturated carbocycles. The summed E-state index contributed by atoms with van der Waals surface area (Å²) >= 11 is 0. The molecular formula is C36H42O12. The van der Waals surface area contributed by atoms with Gasteiger partial charge < -0.3 is 60.9 Å². The lowest BCUT2D eigenvalue weighted by molar-refractivity contribution is -0.113. The topological polar surface area (TPSA) is 232 Å². The SMILES string of the molecule is CC(C)(c1cc(CO)c(O)c(CO)c1)c1cc(CO)c(O)c(C(O)OCc2cc(Cc3cc(CO)c(O)c(CO)c3)cc(CO)c2O)c1. The number of hydrogen-bond donors (Lipinski definition) is 11. The lowest BCUT2D eigenvalue weighted by Gasteiger charge is -2.29. The zero-order valence-electron chi connectivity index (χ0n) is 26.7. The fourth-order valence-electron chi connectivity index (χ4n) is 5.75. The van der Waals surface area contributed by atoms with E-state index < -0.39 is 57.1 Å². The molecule has 0 heterocycles. The molecule has 4 rings (SSSR count). The van der Waals surface area contributed by atoms with Gasteiger partial charge >= 0.3 is 0 Å². The molecule has 0 aromatic heterocycles. The molecule has 0 saturated heterocycles. The van der Waals surface area contributed by atoms with Crippen molar-refractivity contribution < 1.29 is 60.9 Å². The third kappa shape index (κ3) is 7.41. The number of aliphatic hydroxyl groups is 7. The van der Waals surface area contributed by atoms with Crippen LogP contribution in [0.15, 0.2) is 48.5 Å². The highest BCUT2D eigenvalue weighted by Gasteiger charge is 2.29. The standard InChI is InChI=1S/C36H42O12/c1-36(2,28-8-24(15-40)32(44)25(9-28)16-41)29-10-26(17-42)34(46)30(11-29)35(47)48-18-27-7-20(6-23(14-39)33(27)45)3-19-4-21(12-37)31(43)22(5-19)13-38/h4-11,35,37-47H,3,12-18H2,1-2H3. The smallest absolute Gasteiger partial charge is 0.185 e. The van der Waals surface area contributed by atoms with E-state index in [0.717, 1.165) is 0 Å². The molecule has 0 amide bonds. The molecule has 1 atom stereocenters. The van der Waals surface area contributed by atoms with Crippen LogP contribution in [0.3, 0.4) is 0 Å². The minimum absolute atomic E-state index is 0.0802. The van der Waals surface area contributed by atoms with Crippen molar-refractivity contribution in [3.05, 3.63) is 115 Å². The van der Waals surface area contributed by atoms with Crippen LogP contribution in [0.1, 0.15) is 86.9 Å². The second kappa shape index (κ2) is 15.3. The third-order valence-corrected chi connectivity index (χ3v) is 8.68. The van der Waals surface area contributed by atoms with Gasteiger partial charge in [-0.3, -0.25) is 0 Å². The van der Waals surface area contributed by atoms with Gasteiger partial charge in [-0.15, -0.1) is 0 Å². The molecule has 11 N–H and O–H groups in total. The number of aromatic hydroxyl groups is 4.